The number of aromatic nitrogens is 1. The van der Waals surface area contributed by atoms with Gasteiger partial charge in [0.2, 0.25) is 0 Å². The molecule has 4 aromatic rings. The van der Waals surface area contributed by atoms with Crippen LogP contribution in [0.25, 0.3) is 11.6 Å². The molecule has 2 aromatic carbocycles. The van der Waals surface area contributed by atoms with E-state index in [1.165, 1.54) is 11.3 Å². The lowest BCUT2D eigenvalue weighted by Gasteiger charge is -2.23. The molecule has 0 saturated carbocycles. The zero-order chi connectivity index (χ0) is 26.8. The molecule has 0 saturated heterocycles. The summed E-state index contributed by atoms with van der Waals surface area (Å²) in [4.78, 5) is 46.1. The van der Waals surface area contributed by atoms with Crippen molar-refractivity contribution >= 4 is 52.0 Å². The van der Waals surface area contributed by atoms with Gasteiger partial charge < -0.3 is 10.2 Å². The molecule has 2 amide bonds. The van der Waals surface area contributed by atoms with E-state index in [2.05, 4.69) is 16.4 Å². The van der Waals surface area contributed by atoms with E-state index < -0.39 is 0 Å². The topological polar surface area (TPSA) is 79.4 Å². The highest BCUT2D eigenvalue weighted by atomic mass is 32.1. The molecule has 0 spiro atoms. The number of para-hydroxylation sites is 1. The van der Waals surface area contributed by atoms with Crippen molar-refractivity contribution in [2.45, 2.75) is 27.2 Å². The number of pyridine rings is 1. The van der Waals surface area contributed by atoms with Crippen LogP contribution in [0.15, 0.2) is 72.9 Å². The summed E-state index contributed by atoms with van der Waals surface area (Å²) in [5.41, 5.74) is 6.13. The maximum atomic E-state index is 13.7. The van der Waals surface area contributed by atoms with Crippen LogP contribution in [0.1, 0.15) is 65.4 Å². The van der Waals surface area contributed by atoms with E-state index in [0.717, 1.165) is 32.1 Å². The fourth-order valence-corrected chi connectivity index (χ4v) is 5.44. The maximum Gasteiger partial charge on any atom is 0.258 e. The van der Waals surface area contributed by atoms with Crippen LogP contribution in [0.2, 0.25) is 0 Å². The molecule has 3 heterocycles. The molecule has 0 aliphatic carbocycles. The molecule has 1 N–H and O–H groups in total. The average molecular weight is 522 g/mol. The molecule has 7 heteroatoms. The molecule has 190 valence electrons. The maximum absolute atomic E-state index is 13.7. The van der Waals surface area contributed by atoms with E-state index in [9.17, 15) is 14.4 Å². The Kier molecular flexibility index (Phi) is 7.03. The first kappa shape index (κ1) is 25.3. The Bertz CT molecular complexity index is 1580. The predicted octanol–water partition coefficient (Wildman–Crippen LogP) is 6.81. The van der Waals surface area contributed by atoms with E-state index in [4.69, 9.17) is 0 Å². The van der Waals surface area contributed by atoms with Crippen LogP contribution in [0.4, 0.5) is 11.4 Å². The number of aryl methyl sites for hydroxylation is 2. The van der Waals surface area contributed by atoms with Gasteiger partial charge in [-0.2, -0.15) is 0 Å². The number of thiophene rings is 1. The lowest BCUT2D eigenvalue weighted by molar-refractivity contribution is 0.0985. The Morgan fingerprint density at radius 3 is 2.47 bits per heavy atom. The Hall–Kier alpha value is -4.36. The smallest absolute Gasteiger partial charge is 0.258 e. The minimum Gasteiger partial charge on any atom is -0.322 e. The van der Waals surface area contributed by atoms with Gasteiger partial charge in [0.15, 0.2) is 5.78 Å². The fraction of sp³-hybridized carbons (Fsp3) is 0.161. The first-order valence-corrected chi connectivity index (χ1v) is 13.2. The molecule has 2 aromatic heterocycles. The SMILES string of the molecule is CC(=O)c1ccc(C2=Cc3ccccc3N(C(=O)c3ccc(NC(=O)c4cc(C)cnc4C)cc3)CC2)s1. The number of amides is 2. The van der Waals surface area contributed by atoms with Gasteiger partial charge in [-0.25, -0.2) is 0 Å². The van der Waals surface area contributed by atoms with Crippen LogP contribution < -0.4 is 10.2 Å². The molecular weight excluding hydrogens is 494 g/mol. The summed E-state index contributed by atoms with van der Waals surface area (Å²) in [6, 6.07) is 20.4. The normalized spacial score (nSPS) is 12.8. The molecule has 0 radical (unpaired) electrons. The number of rotatable bonds is 5. The second-order valence-corrected chi connectivity index (χ2v) is 10.4. The quantitative estimate of drug-likeness (QED) is 0.293. The van der Waals surface area contributed by atoms with Gasteiger partial charge in [0, 0.05) is 34.6 Å². The minimum absolute atomic E-state index is 0.0537. The number of carbonyl (C=O) groups excluding carboxylic acids is 3. The van der Waals surface area contributed by atoms with Crippen molar-refractivity contribution < 1.29 is 14.4 Å². The van der Waals surface area contributed by atoms with Gasteiger partial charge >= 0.3 is 0 Å². The summed E-state index contributed by atoms with van der Waals surface area (Å²) >= 11 is 1.48. The van der Waals surface area contributed by atoms with Crippen molar-refractivity contribution in [3.05, 3.63) is 111 Å². The predicted molar refractivity (Wildman–Crippen MR) is 153 cm³/mol. The van der Waals surface area contributed by atoms with Gasteiger partial charge in [0.25, 0.3) is 11.8 Å². The Labute approximate surface area is 225 Å². The lowest BCUT2D eigenvalue weighted by atomic mass is 10.1. The molecule has 0 fully saturated rings. The number of benzene rings is 2. The molecule has 0 bridgehead atoms. The lowest BCUT2D eigenvalue weighted by Crippen LogP contribution is -2.32. The van der Waals surface area contributed by atoms with Crippen LogP contribution >= 0.6 is 11.3 Å². The third-order valence-corrected chi connectivity index (χ3v) is 7.80. The van der Waals surface area contributed by atoms with E-state index >= 15 is 0 Å². The number of hydrogen-bond donors (Lipinski definition) is 1. The number of Topliss-reactive ketones (excluding diaryl/α,β-unsaturated/α-hetero) is 1. The summed E-state index contributed by atoms with van der Waals surface area (Å²) in [6.07, 6.45) is 4.51. The first-order valence-electron chi connectivity index (χ1n) is 12.4. The third-order valence-electron chi connectivity index (χ3n) is 6.53. The summed E-state index contributed by atoms with van der Waals surface area (Å²) in [6.45, 7) is 5.78. The number of fused-ring (bicyclic) bond motifs is 1. The van der Waals surface area contributed by atoms with Crippen molar-refractivity contribution in [1.29, 1.82) is 0 Å². The molecule has 0 unspecified atom stereocenters. The van der Waals surface area contributed by atoms with Gasteiger partial charge in [-0.05, 0) is 98.5 Å². The highest BCUT2D eigenvalue weighted by Crippen LogP contribution is 2.35. The van der Waals surface area contributed by atoms with E-state index in [-0.39, 0.29) is 17.6 Å². The van der Waals surface area contributed by atoms with Crippen molar-refractivity contribution in [1.82, 2.24) is 4.98 Å². The summed E-state index contributed by atoms with van der Waals surface area (Å²) in [5, 5.41) is 2.90. The standard InChI is InChI=1S/C31H27N3O3S/c1-19-16-26(20(2)32-18-19)30(36)33-25-10-8-22(9-11-25)31(37)34-15-14-24(17-23-6-4-5-7-27(23)34)29-13-12-28(38-29)21(3)35/h4-13,16-18H,14-15H2,1-3H3,(H,33,36). The second-order valence-electron chi connectivity index (χ2n) is 9.33. The van der Waals surface area contributed by atoms with Crippen LogP contribution in [0, 0.1) is 13.8 Å². The van der Waals surface area contributed by atoms with Gasteiger partial charge in [0.05, 0.1) is 16.1 Å². The van der Waals surface area contributed by atoms with Crippen molar-refractivity contribution in [2.24, 2.45) is 0 Å². The average Bonchev–Trinajstić information content (AvgIpc) is 3.33. The van der Waals surface area contributed by atoms with Crippen molar-refractivity contribution in [3.63, 3.8) is 0 Å². The number of hydrogen-bond acceptors (Lipinski definition) is 5. The number of ketones is 1. The fourth-order valence-electron chi connectivity index (χ4n) is 4.49. The monoisotopic (exact) mass is 521 g/mol. The van der Waals surface area contributed by atoms with E-state index in [1.807, 2.05) is 49.4 Å². The van der Waals surface area contributed by atoms with Crippen molar-refractivity contribution in [3.8, 4) is 0 Å². The van der Waals surface area contributed by atoms with Crippen LogP contribution in [0.5, 0.6) is 0 Å². The number of carbonyl (C=O) groups is 3. The molecule has 0 atom stereocenters. The summed E-state index contributed by atoms with van der Waals surface area (Å²) in [7, 11) is 0. The largest absolute Gasteiger partial charge is 0.322 e. The third kappa shape index (κ3) is 5.19. The molecule has 5 rings (SSSR count). The zero-order valence-electron chi connectivity index (χ0n) is 21.4. The summed E-state index contributed by atoms with van der Waals surface area (Å²) in [5.74, 6) is -0.295. The van der Waals surface area contributed by atoms with Gasteiger partial charge in [0.1, 0.15) is 0 Å². The number of anilines is 2. The Balaban J connectivity index is 1.35. The molecule has 6 nitrogen and oxygen atoms in total. The van der Waals surface area contributed by atoms with Gasteiger partial charge in [-0.3, -0.25) is 19.4 Å². The molecule has 1 aliphatic heterocycles. The van der Waals surface area contributed by atoms with Crippen molar-refractivity contribution in [2.75, 3.05) is 16.8 Å². The van der Waals surface area contributed by atoms with E-state index in [0.29, 0.717) is 35.5 Å². The van der Waals surface area contributed by atoms with Gasteiger partial charge in [-0.1, -0.05) is 18.2 Å². The summed E-state index contributed by atoms with van der Waals surface area (Å²) < 4.78 is 0. The highest BCUT2D eigenvalue weighted by Gasteiger charge is 2.24. The highest BCUT2D eigenvalue weighted by molar-refractivity contribution is 7.15. The Morgan fingerprint density at radius 2 is 1.74 bits per heavy atom. The molecular formula is C31H27N3O3S. The minimum atomic E-state index is -0.237. The Morgan fingerprint density at radius 1 is 0.974 bits per heavy atom. The second kappa shape index (κ2) is 10.6. The van der Waals surface area contributed by atoms with Gasteiger partial charge in [-0.15, -0.1) is 11.3 Å². The first-order chi connectivity index (χ1) is 18.3. The van der Waals surface area contributed by atoms with Crippen LogP contribution in [-0.2, 0) is 0 Å². The zero-order valence-corrected chi connectivity index (χ0v) is 22.3. The van der Waals surface area contributed by atoms with Crippen LogP contribution in [-0.4, -0.2) is 29.1 Å². The van der Waals surface area contributed by atoms with E-state index in [1.54, 1.807) is 49.2 Å². The molecule has 1 aliphatic rings. The number of nitrogens with zero attached hydrogens (tertiary/aromatic N) is 2. The van der Waals surface area contributed by atoms with Crippen LogP contribution in [0.3, 0.4) is 0 Å². The number of nitrogens with one attached hydrogen (secondary N) is 1. The molecule has 38 heavy (non-hydrogen) atoms.